The molecule has 4 aromatic rings. The maximum absolute atomic E-state index is 13.2. The molecule has 0 saturated heterocycles. The number of halogens is 6. The second kappa shape index (κ2) is 12.0. The number of benzene rings is 4. The Morgan fingerprint density at radius 1 is 0.600 bits per heavy atom. The molecule has 0 fully saturated rings. The number of hydrogen-bond donors (Lipinski definition) is 0. The molecule has 6 nitrogen and oxygen atoms in total. The lowest BCUT2D eigenvalue weighted by molar-refractivity contribution is -0.275. The highest BCUT2D eigenvalue weighted by Crippen LogP contribution is 2.62. The molecule has 244 valence electrons. The van der Waals surface area contributed by atoms with Gasteiger partial charge in [-0.05, 0) is 105 Å². The number of allylic oxidation sites excluding steroid dienone is 6. The lowest BCUT2D eigenvalue weighted by Crippen LogP contribution is -2.17. The van der Waals surface area contributed by atoms with Crippen LogP contribution in [0.15, 0.2) is 84.2 Å². The van der Waals surface area contributed by atoms with Gasteiger partial charge in [-0.1, -0.05) is 48.5 Å². The van der Waals surface area contributed by atoms with Crippen LogP contribution in [0.3, 0.4) is 0 Å². The highest BCUT2D eigenvalue weighted by molar-refractivity contribution is 6.39. The van der Waals surface area contributed by atoms with E-state index >= 15 is 0 Å². The van der Waals surface area contributed by atoms with E-state index in [9.17, 15) is 36.9 Å². The Kier molecular flexibility index (Phi) is 7.98. The molecule has 0 radical (unpaired) electrons. The number of nitriles is 2. The first kappa shape index (κ1) is 33.2. The van der Waals surface area contributed by atoms with Crippen LogP contribution in [-0.4, -0.2) is 12.7 Å². The van der Waals surface area contributed by atoms with E-state index in [1.807, 2.05) is 12.1 Å². The van der Waals surface area contributed by atoms with Gasteiger partial charge in [-0.3, -0.25) is 0 Å². The van der Waals surface area contributed by atoms with Gasteiger partial charge in [0.15, 0.2) is 0 Å². The van der Waals surface area contributed by atoms with Crippen LogP contribution in [0.5, 0.6) is 11.5 Å². The minimum atomic E-state index is -4.97. The van der Waals surface area contributed by atoms with Crippen LogP contribution in [0.4, 0.5) is 26.3 Å². The Labute approximate surface area is 281 Å². The predicted octanol–water partition coefficient (Wildman–Crippen LogP) is 10.7. The van der Waals surface area contributed by atoms with E-state index in [1.165, 1.54) is 24.3 Å². The van der Waals surface area contributed by atoms with Crippen molar-refractivity contribution in [1.29, 1.82) is 10.5 Å². The summed E-state index contributed by atoms with van der Waals surface area (Å²) in [4.78, 5) is 6.97. The van der Waals surface area contributed by atoms with Gasteiger partial charge in [0.1, 0.15) is 11.5 Å². The van der Waals surface area contributed by atoms with E-state index in [1.54, 1.807) is 62.4 Å². The lowest BCUT2D eigenvalue weighted by Gasteiger charge is -2.20. The fourth-order valence-electron chi connectivity index (χ4n) is 6.52. The van der Waals surface area contributed by atoms with Gasteiger partial charge in [-0.2, -0.15) is 0 Å². The topological polar surface area (TPSA) is 74.8 Å². The van der Waals surface area contributed by atoms with Gasteiger partial charge in [0.25, 0.3) is 11.4 Å². The van der Waals surface area contributed by atoms with Crippen molar-refractivity contribution in [1.82, 2.24) is 0 Å². The monoisotopic (exact) mass is 676 g/mol. The zero-order valence-electron chi connectivity index (χ0n) is 25.8. The smallest absolute Gasteiger partial charge is 0.406 e. The van der Waals surface area contributed by atoms with Crippen LogP contribution in [0.25, 0.3) is 54.2 Å². The van der Waals surface area contributed by atoms with Crippen molar-refractivity contribution in [2.75, 3.05) is 0 Å². The van der Waals surface area contributed by atoms with Gasteiger partial charge < -0.3 is 9.47 Å². The maximum Gasteiger partial charge on any atom is 0.573 e. The van der Waals surface area contributed by atoms with Crippen LogP contribution >= 0.6 is 0 Å². The quantitative estimate of drug-likeness (QED) is 0.123. The van der Waals surface area contributed by atoms with Crippen molar-refractivity contribution in [2.45, 2.75) is 26.6 Å². The summed E-state index contributed by atoms with van der Waals surface area (Å²) < 4.78 is 87.7. The third-order valence-electron chi connectivity index (χ3n) is 8.02. The van der Waals surface area contributed by atoms with E-state index in [0.29, 0.717) is 55.7 Å². The molecule has 6 rings (SSSR count). The molecule has 0 atom stereocenters. The molecule has 0 heterocycles. The Balaban J connectivity index is 1.68. The maximum atomic E-state index is 13.2. The van der Waals surface area contributed by atoms with Gasteiger partial charge in [-0.25, -0.2) is 20.2 Å². The van der Waals surface area contributed by atoms with Gasteiger partial charge in [0.05, 0.1) is 25.3 Å². The second-order valence-electron chi connectivity index (χ2n) is 11.3. The largest absolute Gasteiger partial charge is 0.573 e. The average Bonchev–Trinajstić information content (AvgIpc) is 3.54. The van der Waals surface area contributed by atoms with E-state index in [0.717, 1.165) is 0 Å². The molecule has 0 aliphatic heterocycles. The Morgan fingerprint density at radius 2 is 0.960 bits per heavy atom. The Morgan fingerprint density at radius 3 is 1.28 bits per heavy atom. The normalized spacial score (nSPS) is 15.1. The predicted molar refractivity (Wildman–Crippen MR) is 172 cm³/mol. The van der Waals surface area contributed by atoms with Gasteiger partial charge in [0, 0.05) is 11.1 Å². The summed E-state index contributed by atoms with van der Waals surface area (Å²) in [5.74, 6) is -0.968. The molecule has 2 aliphatic carbocycles. The van der Waals surface area contributed by atoms with E-state index in [4.69, 9.17) is 13.1 Å². The van der Waals surface area contributed by atoms with Crippen molar-refractivity contribution in [3.63, 3.8) is 0 Å². The van der Waals surface area contributed by atoms with Crippen LogP contribution in [0.2, 0.25) is 0 Å². The number of nitrogens with zero attached hydrogens (tertiary/aromatic N) is 4. The van der Waals surface area contributed by atoms with Crippen LogP contribution in [-0.2, 0) is 0 Å². The first-order chi connectivity index (χ1) is 23.7. The molecule has 0 N–H and O–H groups in total. The molecule has 2 aliphatic rings. The highest BCUT2D eigenvalue weighted by atomic mass is 19.4. The molecule has 0 unspecified atom stereocenters. The van der Waals surface area contributed by atoms with Crippen molar-refractivity contribution < 1.29 is 35.8 Å². The van der Waals surface area contributed by atoms with Crippen molar-refractivity contribution in [3.8, 4) is 45.9 Å². The summed E-state index contributed by atoms with van der Waals surface area (Å²) in [6.45, 7) is 19.0. The molecule has 0 amide bonds. The third kappa shape index (κ3) is 5.81. The molecular formula is C38H18F6N4O2. The zero-order chi connectivity index (χ0) is 36.1. The zero-order valence-corrected chi connectivity index (χ0v) is 25.8. The number of fused-ring (bicyclic) bond motifs is 4. The molecule has 50 heavy (non-hydrogen) atoms. The molecule has 0 aromatic heterocycles. The summed E-state index contributed by atoms with van der Waals surface area (Å²) in [5, 5.41) is 20.4. The second-order valence-corrected chi connectivity index (χ2v) is 11.3. The van der Waals surface area contributed by atoms with Crippen molar-refractivity contribution >= 4 is 22.3 Å². The van der Waals surface area contributed by atoms with Gasteiger partial charge >= 0.3 is 12.7 Å². The number of ether oxygens (including phenoxy) is 2. The summed E-state index contributed by atoms with van der Waals surface area (Å²) in [5.41, 5.74) is 3.72. The molecule has 0 bridgehead atoms. The van der Waals surface area contributed by atoms with Gasteiger partial charge in [-0.15, -0.1) is 26.3 Å². The lowest BCUT2D eigenvalue weighted by atomic mass is 9.84. The summed E-state index contributed by atoms with van der Waals surface area (Å²) in [6.07, 6.45) is -9.94. The van der Waals surface area contributed by atoms with Crippen molar-refractivity contribution in [3.05, 3.63) is 140 Å². The van der Waals surface area contributed by atoms with Crippen LogP contribution in [0.1, 0.15) is 33.4 Å². The first-order valence-electron chi connectivity index (χ1n) is 14.5. The average molecular weight is 677 g/mol. The number of hydrogen-bond acceptors (Lipinski definition) is 4. The fraction of sp³-hybridized carbons (Fsp3) is 0.105. The SMILES string of the molecule is [C-]#[N+]/C(C#N)=C1C2=C(/C(=C(\C#N)[N+]#[C-])c3c2cccc3-c2cc(C)cc(OC(F)(F)F)c2)c2cccc(-c3cc(C)cc(OC(F)(F)F)c3)c2\1. The molecular weight excluding hydrogens is 658 g/mol. The minimum Gasteiger partial charge on any atom is -0.406 e. The summed E-state index contributed by atoms with van der Waals surface area (Å²) in [6, 6.07) is 21.6. The van der Waals surface area contributed by atoms with E-state index in [2.05, 4.69) is 19.2 Å². The molecule has 0 saturated carbocycles. The molecule has 0 spiro atoms. The minimum absolute atomic E-state index is 0.129. The van der Waals surface area contributed by atoms with Crippen LogP contribution in [0, 0.1) is 49.7 Å². The number of rotatable bonds is 4. The van der Waals surface area contributed by atoms with E-state index < -0.39 is 24.2 Å². The molecule has 12 heteroatoms. The van der Waals surface area contributed by atoms with E-state index in [-0.39, 0.29) is 33.7 Å². The highest BCUT2D eigenvalue weighted by Gasteiger charge is 2.42. The number of aryl methyl sites for hydroxylation is 2. The first-order valence-corrected chi connectivity index (χ1v) is 14.5. The fourth-order valence-corrected chi connectivity index (χ4v) is 6.52. The Bertz CT molecular complexity index is 2220. The van der Waals surface area contributed by atoms with Gasteiger partial charge in [0.2, 0.25) is 0 Å². The van der Waals surface area contributed by atoms with Crippen LogP contribution < -0.4 is 9.47 Å². The summed E-state index contributed by atoms with van der Waals surface area (Å²) in [7, 11) is 0. The van der Waals surface area contributed by atoms with Crippen molar-refractivity contribution in [2.24, 2.45) is 0 Å². The standard InChI is InChI=1S/C38H18F6N4O2/c1-19-11-21(15-23(13-19)49-37(39,40)41)25-7-5-9-27-31(25)35(29(17-45)47-3)34-28-10-6-8-26(32(28)36(33(27)34)30(18-46)48-4)22-12-20(2)14-24(16-22)50-38(42,43)44/h5-16H,1-2H3/b35-29-,36-30+. The summed E-state index contributed by atoms with van der Waals surface area (Å²) >= 11 is 0. The third-order valence-corrected chi connectivity index (χ3v) is 8.02. The number of alkyl halides is 6. The molecule has 4 aromatic carbocycles. The Hall–Kier alpha value is -6.76.